The highest BCUT2D eigenvalue weighted by atomic mass is 32.1. The van der Waals surface area contributed by atoms with Gasteiger partial charge in [-0.3, -0.25) is 4.79 Å². The molecule has 0 aliphatic heterocycles. The van der Waals surface area contributed by atoms with Crippen LogP contribution in [0.15, 0.2) is 47.2 Å². The van der Waals surface area contributed by atoms with Gasteiger partial charge in [0.15, 0.2) is 0 Å². The van der Waals surface area contributed by atoms with Gasteiger partial charge < -0.3 is 10.6 Å². The lowest BCUT2D eigenvalue weighted by atomic mass is 10.1. The van der Waals surface area contributed by atoms with Crippen LogP contribution in [0, 0.1) is 0 Å². The van der Waals surface area contributed by atoms with E-state index in [-0.39, 0.29) is 5.91 Å². The zero-order valence-corrected chi connectivity index (χ0v) is 12.3. The van der Waals surface area contributed by atoms with E-state index < -0.39 is 0 Å². The van der Waals surface area contributed by atoms with Crippen molar-refractivity contribution in [3.05, 3.63) is 58.3 Å². The molecule has 2 rings (SSSR count). The predicted octanol–water partition coefficient (Wildman–Crippen LogP) is 2.32. The van der Waals surface area contributed by atoms with Gasteiger partial charge in [0.1, 0.15) is 0 Å². The van der Waals surface area contributed by atoms with Crippen molar-refractivity contribution < 1.29 is 4.79 Å². The molecule has 4 heteroatoms. The first kappa shape index (κ1) is 14.8. The van der Waals surface area contributed by atoms with Crippen LogP contribution >= 0.6 is 11.3 Å². The Morgan fingerprint density at radius 1 is 1.10 bits per heavy atom. The summed E-state index contributed by atoms with van der Waals surface area (Å²) in [6, 6.07) is 12.2. The molecule has 0 aliphatic rings. The third-order valence-electron chi connectivity index (χ3n) is 3.20. The van der Waals surface area contributed by atoms with Gasteiger partial charge in [0.25, 0.3) is 0 Å². The van der Waals surface area contributed by atoms with Crippen molar-refractivity contribution in [3.8, 4) is 0 Å². The normalized spacial score (nSPS) is 10.4. The minimum absolute atomic E-state index is 0.157. The number of nitrogens with zero attached hydrogens (tertiary/aromatic N) is 1. The summed E-state index contributed by atoms with van der Waals surface area (Å²) in [6.45, 7) is 1.85. The third-order valence-corrected chi connectivity index (χ3v) is 3.93. The van der Waals surface area contributed by atoms with Crippen molar-refractivity contribution in [2.75, 3.05) is 19.6 Å². The van der Waals surface area contributed by atoms with Crippen LogP contribution in [-0.4, -0.2) is 30.4 Å². The van der Waals surface area contributed by atoms with Crippen LogP contribution in [-0.2, 0) is 17.6 Å². The summed E-state index contributed by atoms with van der Waals surface area (Å²) < 4.78 is 0. The molecule has 0 saturated heterocycles. The van der Waals surface area contributed by atoms with Crippen molar-refractivity contribution in [1.82, 2.24) is 4.90 Å². The summed E-state index contributed by atoms with van der Waals surface area (Å²) in [5.41, 5.74) is 7.95. The first-order chi connectivity index (χ1) is 9.79. The Hall–Kier alpha value is -1.65. The van der Waals surface area contributed by atoms with E-state index in [0.29, 0.717) is 19.5 Å². The Morgan fingerprint density at radius 3 is 2.55 bits per heavy atom. The Labute approximate surface area is 124 Å². The first-order valence-electron chi connectivity index (χ1n) is 6.82. The molecule has 0 spiro atoms. The fraction of sp³-hybridized carbons (Fsp3) is 0.312. The molecule has 0 atom stereocenters. The maximum absolute atomic E-state index is 12.3. The number of rotatable bonds is 7. The second-order valence-electron chi connectivity index (χ2n) is 4.71. The molecule has 0 fully saturated rings. The van der Waals surface area contributed by atoms with Crippen LogP contribution in [0.5, 0.6) is 0 Å². The standard InChI is InChI=1S/C16H20N2OS/c17-8-10-18(9-6-14-4-2-1-3-5-14)16(19)12-15-7-11-20-13-15/h1-5,7,11,13H,6,8-10,12,17H2. The molecule has 1 heterocycles. The minimum Gasteiger partial charge on any atom is -0.341 e. The Balaban J connectivity index is 1.90. The van der Waals surface area contributed by atoms with Crippen molar-refractivity contribution in [2.45, 2.75) is 12.8 Å². The topological polar surface area (TPSA) is 46.3 Å². The van der Waals surface area contributed by atoms with Crippen molar-refractivity contribution in [1.29, 1.82) is 0 Å². The number of carbonyl (C=O) groups excluding carboxylic acids is 1. The molecule has 20 heavy (non-hydrogen) atoms. The minimum atomic E-state index is 0.157. The van der Waals surface area contributed by atoms with Gasteiger partial charge in [0.05, 0.1) is 6.42 Å². The highest BCUT2D eigenvalue weighted by Gasteiger charge is 2.13. The maximum Gasteiger partial charge on any atom is 0.227 e. The average molecular weight is 288 g/mol. The number of amides is 1. The lowest BCUT2D eigenvalue weighted by Crippen LogP contribution is -2.37. The van der Waals surface area contributed by atoms with E-state index in [0.717, 1.165) is 18.5 Å². The molecule has 2 aromatic rings. The summed E-state index contributed by atoms with van der Waals surface area (Å²) in [4.78, 5) is 14.2. The highest BCUT2D eigenvalue weighted by molar-refractivity contribution is 7.07. The van der Waals surface area contributed by atoms with E-state index >= 15 is 0 Å². The molecule has 0 bridgehead atoms. The fourth-order valence-electron chi connectivity index (χ4n) is 2.11. The molecule has 0 saturated carbocycles. The third kappa shape index (κ3) is 4.47. The number of hydrogen-bond donors (Lipinski definition) is 1. The van der Waals surface area contributed by atoms with Crippen LogP contribution in [0.3, 0.4) is 0 Å². The molecule has 2 N–H and O–H groups in total. The van der Waals surface area contributed by atoms with Gasteiger partial charge in [-0.25, -0.2) is 0 Å². The maximum atomic E-state index is 12.3. The second-order valence-corrected chi connectivity index (χ2v) is 5.49. The molecular formula is C16H20N2OS. The molecule has 1 aromatic carbocycles. The van der Waals surface area contributed by atoms with Crippen LogP contribution in [0.4, 0.5) is 0 Å². The van der Waals surface area contributed by atoms with Crippen LogP contribution in [0.25, 0.3) is 0 Å². The van der Waals surface area contributed by atoms with E-state index in [1.54, 1.807) is 11.3 Å². The van der Waals surface area contributed by atoms with Crippen molar-refractivity contribution in [3.63, 3.8) is 0 Å². The van der Waals surface area contributed by atoms with Crippen molar-refractivity contribution >= 4 is 17.2 Å². The van der Waals surface area contributed by atoms with Gasteiger partial charge in [0.2, 0.25) is 5.91 Å². The second kappa shape index (κ2) is 7.82. The van der Waals surface area contributed by atoms with Crippen LogP contribution in [0.1, 0.15) is 11.1 Å². The molecule has 1 amide bonds. The monoisotopic (exact) mass is 288 g/mol. The lowest BCUT2D eigenvalue weighted by Gasteiger charge is -2.22. The SMILES string of the molecule is NCCN(CCc1ccccc1)C(=O)Cc1ccsc1. The van der Waals surface area contributed by atoms with Crippen LogP contribution < -0.4 is 5.73 Å². The number of hydrogen-bond acceptors (Lipinski definition) is 3. The van der Waals surface area contributed by atoms with E-state index in [2.05, 4.69) is 12.1 Å². The smallest absolute Gasteiger partial charge is 0.227 e. The molecule has 0 unspecified atom stereocenters. The fourth-order valence-corrected chi connectivity index (χ4v) is 2.77. The Kier molecular flexibility index (Phi) is 5.77. The van der Waals surface area contributed by atoms with Crippen molar-refractivity contribution in [2.24, 2.45) is 5.73 Å². The largest absolute Gasteiger partial charge is 0.341 e. The summed E-state index contributed by atoms with van der Waals surface area (Å²) in [6.07, 6.45) is 1.34. The molecule has 106 valence electrons. The summed E-state index contributed by atoms with van der Waals surface area (Å²) in [5, 5.41) is 4.02. The summed E-state index contributed by atoms with van der Waals surface area (Å²) >= 11 is 1.62. The molecule has 0 radical (unpaired) electrons. The summed E-state index contributed by atoms with van der Waals surface area (Å²) in [5.74, 6) is 0.157. The van der Waals surface area contributed by atoms with E-state index in [4.69, 9.17) is 5.73 Å². The van der Waals surface area contributed by atoms with Gasteiger partial charge in [0, 0.05) is 19.6 Å². The lowest BCUT2D eigenvalue weighted by molar-refractivity contribution is -0.130. The molecular weight excluding hydrogens is 268 g/mol. The number of benzene rings is 1. The molecule has 1 aromatic heterocycles. The van der Waals surface area contributed by atoms with Gasteiger partial charge >= 0.3 is 0 Å². The molecule has 3 nitrogen and oxygen atoms in total. The predicted molar refractivity (Wildman–Crippen MR) is 83.8 cm³/mol. The molecule has 0 aliphatic carbocycles. The van der Waals surface area contributed by atoms with Gasteiger partial charge in [-0.2, -0.15) is 11.3 Å². The van der Waals surface area contributed by atoms with E-state index in [1.165, 1.54) is 5.56 Å². The number of carbonyl (C=O) groups is 1. The van der Waals surface area contributed by atoms with Crippen LogP contribution in [0.2, 0.25) is 0 Å². The number of thiophene rings is 1. The Bertz CT molecular complexity index is 511. The first-order valence-corrected chi connectivity index (χ1v) is 7.76. The Morgan fingerprint density at radius 2 is 1.90 bits per heavy atom. The van der Waals surface area contributed by atoms with E-state index in [1.807, 2.05) is 39.9 Å². The van der Waals surface area contributed by atoms with Gasteiger partial charge in [-0.05, 0) is 34.4 Å². The number of nitrogens with two attached hydrogens (primary N) is 1. The quantitative estimate of drug-likeness (QED) is 0.850. The van der Waals surface area contributed by atoms with Gasteiger partial charge in [-0.1, -0.05) is 30.3 Å². The van der Waals surface area contributed by atoms with E-state index in [9.17, 15) is 4.79 Å². The zero-order valence-electron chi connectivity index (χ0n) is 11.5. The highest BCUT2D eigenvalue weighted by Crippen LogP contribution is 2.09. The summed E-state index contributed by atoms with van der Waals surface area (Å²) in [7, 11) is 0. The van der Waals surface area contributed by atoms with Gasteiger partial charge in [-0.15, -0.1) is 0 Å². The zero-order chi connectivity index (χ0) is 14.2. The average Bonchev–Trinajstić information content (AvgIpc) is 2.97.